The van der Waals surface area contributed by atoms with Gasteiger partial charge in [0.2, 0.25) is 0 Å². The molecule has 0 spiro atoms. The third-order valence-corrected chi connectivity index (χ3v) is 8.22. The number of rotatable bonds is 6. The molecule has 0 unspecified atom stereocenters. The number of benzene rings is 3. The predicted molar refractivity (Wildman–Crippen MR) is 184 cm³/mol. The fraction of sp³-hybridized carbons (Fsp3) is 0.189. The summed E-state index contributed by atoms with van der Waals surface area (Å²) in [6.07, 6.45) is 7.84. The molecule has 0 aliphatic heterocycles. The zero-order valence-electron chi connectivity index (χ0n) is 27.5. The zero-order valence-corrected chi connectivity index (χ0v) is 34.0. The molecule has 2 radical (unpaired) electrons. The number of aromatic nitrogens is 2. The van der Waals surface area contributed by atoms with Gasteiger partial charge in [-0.2, -0.15) is 0 Å². The van der Waals surface area contributed by atoms with Gasteiger partial charge in [0.25, 0.3) is 0 Å². The molecule has 0 saturated heterocycles. The van der Waals surface area contributed by atoms with Crippen LogP contribution in [0.4, 0.5) is 23.0 Å². The second-order valence-electron chi connectivity index (χ2n) is 10.7. The molecule has 264 valence electrons. The molecular formula is C37H37BrCl4Cu2N4-2. The van der Waals surface area contributed by atoms with Crippen LogP contribution in [0.3, 0.4) is 0 Å². The summed E-state index contributed by atoms with van der Waals surface area (Å²) in [7, 11) is 0. The molecule has 0 N–H and O–H groups in total. The van der Waals surface area contributed by atoms with E-state index in [-0.39, 0.29) is 83.8 Å². The van der Waals surface area contributed by atoms with Crippen molar-refractivity contribution < 1.29 is 83.8 Å². The van der Waals surface area contributed by atoms with E-state index in [0.717, 1.165) is 16.1 Å². The molecule has 0 aliphatic carbocycles. The van der Waals surface area contributed by atoms with E-state index < -0.39 is 0 Å². The minimum Gasteiger partial charge on any atom is -1.00 e. The normalized spacial score (nSPS) is 10.6. The molecule has 11 heteroatoms. The summed E-state index contributed by atoms with van der Waals surface area (Å²) in [6, 6.07) is 25.7. The van der Waals surface area contributed by atoms with Gasteiger partial charge in [0, 0.05) is 50.7 Å². The predicted octanol–water partition coefficient (Wildman–Crippen LogP) is -2.02. The summed E-state index contributed by atoms with van der Waals surface area (Å²) in [6.45, 7) is 15.1. The van der Waals surface area contributed by atoms with Gasteiger partial charge in [0.05, 0.1) is 12.4 Å². The Balaban J connectivity index is 0. The van der Waals surface area contributed by atoms with E-state index in [1.807, 2.05) is 48.8 Å². The van der Waals surface area contributed by atoms with E-state index in [0.29, 0.717) is 0 Å². The first-order valence-electron chi connectivity index (χ1n) is 14.3. The third kappa shape index (κ3) is 10.0. The fourth-order valence-corrected chi connectivity index (χ4v) is 6.46. The van der Waals surface area contributed by atoms with Gasteiger partial charge in [-0.3, -0.25) is 0 Å². The van der Waals surface area contributed by atoms with Gasteiger partial charge in [-0.25, -0.2) is 9.15 Å². The Bertz CT molecular complexity index is 1690. The van der Waals surface area contributed by atoms with E-state index in [9.17, 15) is 0 Å². The van der Waals surface area contributed by atoms with Gasteiger partial charge in [0.1, 0.15) is 23.8 Å². The smallest absolute Gasteiger partial charge is 0.327 e. The van der Waals surface area contributed by atoms with Crippen molar-refractivity contribution in [3.05, 3.63) is 117 Å². The van der Waals surface area contributed by atoms with Gasteiger partial charge in [-0.15, -0.1) is 0 Å². The molecule has 5 aromatic rings. The Kier molecular flexibility index (Phi) is 21.3. The van der Waals surface area contributed by atoms with Crippen LogP contribution in [0.15, 0.2) is 89.7 Å². The van der Waals surface area contributed by atoms with E-state index in [4.69, 9.17) is 0 Å². The molecular weight excluding hydrogens is 849 g/mol. The molecule has 0 atom stereocenters. The van der Waals surface area contributed by atoms with Crippen LogP contribution >= 0.6 is 15.9 Å². The Morgan fingerprint density at radius 3 is 1.15 bits per heavy atom. The SMILES string of the molecule is CC=[N+](c1ccccn1)c1c(C)cc(-c2cc(Br)cc(-c3cc(C)c([N+](=CC)c4ccccn4)c(C)c3)c2C)cc1C.[Cl-].[Cl-].[Cl-].[Cl-].[Cu].[Cu]. The zero-order chi connectivity index (χ0) is 30.0. The monoisotopic (exact) mass is 882 g/mol. The van der Waals surface area contributed by atoms with Crippen LogP contribution in [-0.2, 0) is 34.1 Å². The first kappa shape index (κ1) is 48.1. The summed E-state index contributed by atoms with van der Waals surface area (Å²) >= 11 is 3.83. The summed E-state index contributed by atoms with van der Waals surface area (Å²) in [5.41, 5.74) is 13.3. The van der Waals surface area contributed by atoms with Gasteiger partial charge in [0.15, 0.2) is 0 Å². The number of nitrogens with zero attached hydrogens (tertiary/aromatic N) is 4. The van der Waals surface area contributed by atoms with Gasteiger partial charge in [-0.1, -0.05) is 28.1 Å². The third-order valence-electron chi connectivity index (χ3n) is 7.77. The van der Waals surface area contributed by atoms with E-state index >= 15 is 0 Å². The van der Waals surface area contributed by atoms with Crippen LogP contribution in [0.25, 0.3) is 22.3 Å². The fourth-order valence-electron chi connectivity index (χ4n) is 6.01. The molecule has 0 bridgehead atoms. The van der Waals surface area contributed by atoms with Crippen molar-refractivity contribution in [1.29, 1.82) is 0 Å². The topological polar surface area (TPSA) is 31.8 Å². The molecule has 0 fully saturated rings. The summed E-state index contributed by atoms with van der Waals surface area (Å²) in [5, 5.41) is 0. The molecule has 4 nitrogen and oxygen atoms in total. The molecule has 2 aromatic heterocycles. The second-order valence-corrected chi connectivity index (χ2v) is 11.6. The molecule has 0 saturated carbocycles. The number of pyridine rings is 2. The van der Waals surface area contributed by atoms with Gasteiger partial charge >= 0.3 is 11.6 Å². The summed E-state index contributed by atoms with van der Waals surface area (Å²) in [4.78, 5) is 9.19. The van der Waals surface area contributed by atoms with Crippen molar-refractivity contribution in [3.63, 3.8) is 0 Å². The Hall–Kier alpha value is -2.02. The molecule has 3 aromatic carbocycles. The Labute approximate surface area is 339 Å². The van der Waals surface area contributed by atoms with Crippen LogP contribution < -0.4 is 58.8 Å². The first-order valence-corrected chi connectivity index (χ1v) is 15.1. The summed E-state index contributed by atoms with van der Waals surface area (Å²) < 4.78 is 5.40. The molecule has 0 aliphatic rings. The van der Waals surface area contributed by atoms with Gasteiger partial charge < -0.3 is 49.6 Å². The minimum atomic E-state index is 0. The first-order chi connectivity index (χ1) is 20.2. The molecule has 0 amide bonds. The van der Waals surface area contributed by atoms with Crippen LogP contribution in [0.5, 0.6) is 0 Å². The van der Waals surface area contributed by atoms with Crippen molar-refractivity contribution in [2.75, 3.05) is 0 Å². The quantitative estimate of drug-likeness (QED) is 0.112. The Morgan fingerprint density at radius 1 is 0.542 bits per heavy atom. The maximum Gasteiger partial charge on any atom is 0.327 e. The van der Waals surface area contributed by atoms with Crippen molar-refractivity contribution >= 4 is 51.4 Å². The van der Waals surface area contributed by atoms with E-state index in [1.165, 1.54) is 61.4 Å². The van der Waals surface area contributed by atoms with E-state index in [1.54, 1.807) is 0 Å². The molecule has 48 heavy (non-hydrogen) atoms. The Morgan fingerprint density at radius 2 is 0.875 bits per heavy atom. The molecule has 5 rings (SSSR count). The number of hydrogen-bond donors (Lipinski definition) is 0. The number of halogens is 5. The molecule has 2 heterocycles. The summed E-state index contributed by atoms with van der Waals surface area (Å²) in [5.74, 6) is 1.83. The largest absolute Gasteiger partial charge is 1.00 e. The number of aryl methyl sites for hydroxylation is 4. The standard InChI is InChI=1S/C37H37BrN4.4ClH.2Cu/c1-8-41(34-14-10-12-16-39-34)36-24(3)18-29(19-25(36)4)32-22-31(38)23-33(28(32)7)30-20-26(5)37(27(6)21-30)42(9-2)35-15-11-13-17-40-35;;;;;;/h8-23H,1-7H3;4*1H;;/q+2;;;;;;/p-4. The van der Waals surface area contributed by atoms with Crippen LogP contribution in [-0.4, -0.2) is 22.4 Å². The van der Waals surface area contributed by atoms with Crippen LogP contribution in [0, 0.1) is 34.6 Å². The second kappa shape index (κ2) is 21.3. The van der Waals surface area contributed by atoms with Crippen molar-refractivity contribution in [2.45, 2.75) is 48.5 Å². The van der Waals surface area contributed by atoms with Crippen molar-refractivity contribution in [2.24, 2.45) is 0 Å². The minimum absolute atomic E-state index is 0. The van der Waals surface area contributed by atoms with Crippen molar-refractivity contribution in [1.82, 2.24) is 19.1 Å². The van der Waals surface area contributed by atoms with Crippen molar-refractivity contribution in [3.8, 4) is 22.3 Å². The van der Waals surface area contributed by atoms with Crippen LogP contribution in [0.1, 0.15) is 41.7 Å². The average Bonchev–Trinajstić information content (AvgIpc) is 2.98. The van der Waals surface area contributed by atoms with Gasteiger partial charge in [-0.05, 0) is 157 Å². The average molecular weight is 887 g/mol. The van der Waals surface area contributed by atoms with E-state index in [2.05, 4.69) is 132 Å². The maximum atomic E-state index is 4.59. The maximum absolute atomic E-state index is 4.59. The van der Waals surface area contributed by atoms with Crippen LogP contribution in [0.2, 0.25) is 0 Å². The number of hydrogen-bond acceptors (Lipinski definition) is 2.